The Bertz CT molecular complexity index is 1760. The molecule has 0 radical (unpaired) electrons. The molecule has 0 amide bonds. The molecule has 0 bridgehead atoms. The highest BCUT2D eigenvalue weighted by Crippen LogP contribution is 2.38. The monoisotopic (exact) mass is 443 g/mol. The summed E-state index contributed by atoms with van der Waals surface area (Å²) in [6, 6.07) is 30.8. The molecule has 6 aromatic rings. The van der Waals surface area contributed by atoms with E-state index in [4.69, 9.17) is 4.98 Å². The molecule has 0 aliphatic heterocycles. The van der Waals surface area contributed by atoms with E-state index in [-0.39, 0.29) is 0 Å². The van der Waals surface area contributed by atoms with Crippen molar-refractivity contribution in [3.8, 4) is 33.8 Å². The van der Waals surface area contributed by atoms with Crippen molar-refractivity contribution in [2.75, 3.05) is 0 Å². The molecule has 32 heavy (non-hydrogen) atoms. The lowest BCUT2D eigenvalue weighted by Crippen LogP contribution is -1.85. The Morgan fingerprint density at radius 1 is 0.594 bits per heavy atom. The third kappa shape index (κ3) is 3.04. The van der Waals surface area contributed by atoms with Crippen molar-refractivity contribution >= 4 is 53.1 Å². The zero-order chi connectivity index (χ0) is 21.7. The summed E-state index contributed by atoms with van der Waals surface area (Å²) in [7, 11) is 0. The summed E-state index contributed by atoms with van der Waals surface area (Å²) in [6.07, 6.45) is 0. The van der Waals surface area contributed by atoms with Gasteiger partial charge in [0.25, 0.3) is 0 Å². The van der Waals surface area contributed by atoms with E-state index in [1.165, 1.54) is 31.5 Å². The van der Waals surface area contributed by atoms with E-state index in [1.807, 2.05) is 24.3 Å². The van der Waals surface area contributed by atoms with Crippen molar-refractivity contribution in [1.29, 1.82) is 10.5 Å². The molecule has 3 nitrogen and oxygen atoms in total. The smallest absolute Gasteiger partial charge is 0.124 e. The Labute approximate surface area is 192 Å². The molecular formula is C27H13N3S2. The summed E-state index contributed by atoms with van der Waals surface area (Å²) >= 11 is 3.32. The Balaban J connectivity index is 1.50. The van der Waals surface area contributed by atoms with Crippen molar-refractivity contribution in [3.63, 3.8) is 0 Å². The quantitative estimate of drug-likeness (QED) is 0.275. The predicted molar refractivity (Wildman–Crippen MR) is 133 cm³/mol. The first-order valence-corrected chi connectivity index (χ1v) is 11.6. The van der Waals surface area contributed by atoms with E-state index in [2.05, 4.69) is 60.7 Å². The van der Waals surface area contributed by atoms with Crippen molar-refractivity contribution in [3.05, 3.63) is 90.0 Å². The zero-order valence-electron chi connectivity index (χ0n) is 16.7. The van der Waals surface area contributed by atoms with Crippen LogP contribution in [0.3, 0.4) is 0 Å². The molecule has 2 aromatic heterocycles. The second-order valence-corrected chi connectivity index (χ2v) is 9.65. The van der Waals surface area contributed by atoms with Crippen LogP contribution in [-0.2, 0) is 0 Å². The predicted octanol–water partition coefficient (Wildman–Crippen LogP) is 7.74. The number of hydrogen-bond acceptors (Lipinski definition) is 5. The number of benzene rings is 4. The highest BCUT2D eigenvalue weighted by atomic mass is 32.1. The molecule has 0 aliphatic rings. The van der Waals surface area contributed by atoms with Crippen LogP contribution < -0.4 is 0 Å². The van der Waals surface area contributed by atoms with Gasteiger partial charge in [0.15, 0.2) is 0 Å². The first-order chi connectivity index (χ1) is 15.7. The second kappa shape index (κ2) is 7.28. The highest BCUT2D eigenvalue weighted by Gasteiger charge is 2.12. The molecule has 0 spiro atoms. The van der Waals surface area contributed by atoms with Crippen LogP contribution in [0.15, 0.2) is 78.9 Å². The van der Waals surface area contributed by atoms with E-state index in [0.29, 0.717) is 11.1 Å². The second-order valence-electron chi connectivity index (χ2n) is 7.53. The lowest BCUT2D eigenvalue weighted by molar-refractivity contribution is 1.45. The average molecular weight is 444 g/mol. The van der Waals surface area contributed by atoms with Crippen LogP contribution in [0.1, 0.15) is 11.1 Å². The van der Waals surface area contributed by atoms with Crippen LogP contribution in [0.25, 0.3) is 52.1 Å². The molecule has 0 N–H and O–H groups in total. The SMILES string of the molecule is N#Cc1cc(-c2ccc3c(c2)sc2ccccc23)cc(-c2nc3ccc(C#N)cc3s2)c1. The minimum Gasteiger partial charge on any atom is -0.236 e. The van der Waals surface area contributed by atoms with Gasteiger partial charge in [0.2, 0.25) is 0 Å². The fraction of sp³-hybridized carbons (Fsp3) is 0. The van der Waals surface area contributed by atoms with Gasteiger partial charge in [-0.05, 0) is 59.7 Å². The molecule has 5 heteroatoms. The lowest BCUT2D eigenvalue weighted by atomic mass is 9.99. The Morgan fingerprint density at radius 2 is 1.41 bits per heavy atom. The first kappa shape index (κ1) is 18.7. The summed E-state index contributed by atoms with van der Waals surface area (Å²) < 4.78 is 3.48. The van der Waals surface area contributed by atoms with Gasteiger partial charge < -0.3 is 0 Å². The third-order valence-electron chi connectivity index (χ3n) is 5.54. The van der Waals surface area contributed by atoms with Gasteiger partial charge in [-0.3, -0.25) is 0 Å². The Morgan fingerprint density at radius 3 is 2.28 bits per heavy atom. The number of thiazole rings is 1. The number of fused-ring (bicyclic) bond motifs is 4. The van der Waals surface area contributed by atoms with Gasteiger partial charge in [-0.1, -0.05) is 30.3 Å². The topological polar surface area (TPSA) is 60.5 Å². The molecule has 4 aromatic carbocycles. The normalized spacial score (nSPS) is 11.1. The van der Waals surface area contributed by atoms with Crippen molar-refractivity contribution in [2.24, 2.45) is 0 Å². The first-order valence-electron chi connectivity index (χ1n) is 10.00. The maximum absolute atomic E-state index is 9.65. The molecule has 0 atom stereocenters. The van der Waals surface area contributed by atoms with Gasteiger partial charge >= 0.3 is 0 Å². The van der Waals surface area contributed by atoms with Crippen LogP contribution >= 0.6 is 22.7 Å². The fourth-order valence-corrected chi connectivity index (χ4v) is 6.14. The molecule has 0 saturated heterocycles. The molecule has 148 valence electrons. The molecule has 0 saturated carbocycles. The maximum Gasteiger partial charge on any atom is 0.124 e. The summed E-state index contributed by atoms with van der Waals surface area (Å²) in [5.74, 6) is 0. The van der Waals surface area contributed by atoms with Gasteiger partial charge in [-0.15, -0.1) is 22.7 Å². The molecule has 2 heterocycles. The molecule has 0 fully saturated rings. The van der Waals surface area contributed by atoms with Crippen molar-refractivity contribution in [2.45, 2.75) is 0 Å². The van der Waals surface area contributed by atoms with E-state index >= 15 is 0 Å². The number of rotatable bonds is 2. The standard InChI is InChI=1S/C27H13N3S2/c28-14-16-5-8-23-26(11-16)32-27(30-23)20-10-17(15-29)9-19(12-20)18-6-7-22-21-3-1-2-4-24(21)31-25(22)13-18/h1-13H. The van der Waals surface area contributed by atoms with E-state index in [0.717, 1.165) is 31.9 Å². The van der Waals surface area contributed by atoms with Crippen molar-refractivity contribution < 1.29 is 0 Å². The van der Waals surface area contributed by atoms with Crippen LogP contribution in [-0.4, -0.2) is 4.98 Å². The van der Waals surface area contributed by atoms with Gasteiger partial charge in [0.1, 0.15) is 5.01 Å². The zero-order valence-corrected chi connectivity index (χ0v) is 18.3. The van der Waals surface area contributed by atoms with Crippen LogP contribution in [0.4, 0.5) is 0 Å². The molecule has 0 unspecified atom stereocenters. The Kier molecular flexibility index (Phi) is 4.26. The van der Waals surface area contributed by atoms with Gasteiger partial charge in [0, 0.05) is 25.7 Å². The maximum atomic E-state index is 9.65. The molecule has 0 aliphatic carbocycles. The lowest BCUT2D eigenvalue weighted by Gasteiger charge is -2.06. The minimum absolute atomic E-state index is 0.603. The van der Waals surface area contributed by atoms with E-state index < -0.39 is 0 Å². The van der Waals surface area contributed by atoms with Crippen molar-refractivity contribution in [1.82, 2.24) is 4.98 Å². The van der Waals surface area contributed by atoms with E-state index in [9.17, 15) is 10.5 Å². The third-order valence-corrected chi connectivity index (χ3v) is 7.74. The number of thiophene rings is 1. The van der Waals surface area contributed by atoms with Gasteiger partial charge in [-0.25, -0.2) is 4.98 Å². The summed E-state index contributed by atoms with van der Waals surface area (Å²) in [5.41, 5.74) is 5.07. The number of nitrogens with zero attached hydrogens (tertiary/aromatic N) is 3. The number of aromatic nitrogens is 1. The largest absolute Gasteiger partial charge is 0.236 e. The summed E-state index contributed by atoms with van der Waals surface area (Å²) in [5, 5.41) is 22.2. The van der Waals surface area contributed by atoms with Crippen LogP contribution in [0.5, 0.6) is 0 Å². The molecular weight excluding hydrogens is 430 g/mol. The van der Waals surface area contributed by atoms with E-state index in [1.54, 1.807) is 17.4 Å². The highest BCUT2D eigenvalue weighted by molar-refractivity contribution is 7.25. The van der Waals surface area contributed by atoms with Crippen LogP contribution in [0.2, 0.25) is 0 Å². The van der Waals surface area contributed by atoms with Gasteiger partial charge in [0.05, 0.1) is 33.5 Å². The summed E-state index contributed by atoms with van der Waals surface area (Å²) in [4.78, 5) is 4.75. The van der Waals surface area contributed by atoms with Gasteiger partial charge in [-0.2, -0.15) is 10.5 Å². The van der Waals surface area contributed by atoms with Crippen LogP contribution in [0, 0.1) is 22.7 Å². The fourth-order valence-electron chi connectivity index (χ4n) is 4.01. The molecule has 6 rings (SSSR count). The Hall–Kier alpha value is -4.03. The minimum atomic E-state index is 0.603. The average Bonchev–Trinajstić information content (AvgIpc) is 3.44. The number of nitriles is 2. The summed E-state index contributed by atoms with van der Waals surface area (Å²) in [6.45, 7) is 0. The number of hydrogen-bond donors (Lipinski definition) is 0.